The summed E-state index contributed by atoms with van der Waals surface area (Å²) >= 11 is 0. The summed E-state index contributed by atoms with van der Waals surface area (Å²) in [6.45, 7) is 3.00. The van der Waals surface area contributed by atoms with Crippen LogP contribution in [0.4, 0.5) is 0 Å². The van der Waals surface area contributed by atoms with Crippen molar-refractivity contribution in [1.29, 1.82) is 0 Å². The Balaban J connectivity index is 1.94. The number of ether oxygens (including phenoxy) is 1. The molecule has 1 amide bonds. The minimum atomic E-state index is -0.0140. The first-order valence-electron chi connectivity index (χ1n) is 6.32. The molecule has 2 fully saturated rings. The van der Waals surface area contributed by atoms with E-state index in [1.54, 1.807) is 0 Å². The molecular formula is C12H22N2O2. The third-order valence-electron chi connectivity index (χ3n) is 3.66. The fourth-order valence-electron chi connectivity index (χ4n) is 2.81. The van der Waals surface area contributed by atoms with Gasteiger partial charge in [-0.15, -0.1) is 0 Å². The highest BCUT2D eigenvalue weighted by Crippen LogP contribution is 2.33. The second-order valence-electron chi connectivity index (χ2n) is 4.94. The van der Waals surface area contributed by atoms with E-state index in [-0.39, 0.29) is 11.5 Å². The molecular weight excluding hydrogens is 204 g/mol. The van der Waals surface area contributed by atoms with Gasteiger partial charge in [0.2, 0.25) is 5.91 Å². The molecule has 4 heteroatoms. The van der Waals surface area contributed by atoms with Crippen molar-refractivity contribution in [2.45, 2.75) is 37.7 Å². The number of piperidine rings is 1. The van der Waals surface area contributed by atoms with E-state index >= 15 is 0 Å². The first-order valence-corrected chi connectivity index (χ1v) is 6.32. The fourth-order valence-corrected chi connectivity index (χ4v) is 2.81. The summed E-state index contributed by atoms with van der Waals surface area (Å²) in [6.07, 6.45) is 5.74. The fraction of sp³-hybridized carbons (Fsp3) is 0.917. The summed E-state index contributed by atoms with van der Waals surface area (Å²) in [5.41, 5.74) is -0.0140. The molecule has 2 saturated heterocycles. The van der Waals surface area contributed by atoms with Gasteiger partial charge in [-0.2, -0.15) is 0 Å². The highest BCUT2D eigenvalue weighted by molar-refractivity contribution is 5.78. The molecule has 0 aliphatic carbocycles. The number of hydrogen-bond donors (Lipinski definition) is 1. The SMILES string of the molecule is CNCC(=O)N1CCCC2(CCCCO2)C1. The minimum absolute atomic E-state index is 0.0140. The molecule has 0 radical (unpaired) electrons. The van der Waals surface area contributed by atoms with Crippen LogP contribution in [0.15, 0.2) is 0 Å². The van der Waals surface area contributed by atoms with Crippen LogP contribution < -0.4 is 5.32 Å². The average Bonchev–Trinajstić information content (AvgIpc) is 2.30. The van der Waals surface area contributed by atoms with Crippen molar-refractivity contribution in [1.82, 2.24) is 10.2 Å². The lowest BCUT2D eigenvalue weighted by molar-refractivity contribution is -0.148. The molecule has 2 aliphatic heterocycles. The molecule has 4 nitrogen and oxygen atoms in total. The summed E-state index contributed by atoms with van der Waals surface area (Å²) in [5, 5.41) is 2.92. The van der Waals surface area contributed by atoms with E-state index in [1.165, 1.54) is 12.8 Å². The highest BCUT2D eigenvalue weighted by atomic mass is 16.5. The summed E-state index contributed by atoms with van der Waals surface area (Å²) in [5.74, 6) is 0.204. The van der Waals surface area contributed by atoms with Gasteiger partial charge in [0.25, 0.3) is 0 Å². The number of likely N-dealkylation sites (N-methyl/N-ethyl adjacent to an activating group) is 1. The molecule has 0 aromatic rings. The molecule has 2 rings (SSSR count). The Bertz CT molecular complexity index is 244. The van der Waals surface area contributed by atoms with E-state index in [9.17, 15) is 4.79 Å². The Morgan fingerprint density at radius 2 is 2.19 bits per heavy atom. The zero-order valence-electron chi connectivity index (χ0n) is 10.1. The van der Waals surface area contributed by atoms with E-state index in [1.807, 2.05) is 11.9 Å². The van der Waals surface area contributed by atoms with Crippen LogP contribution in [-0.4, -0.2) is 49.7 Å². The first-order chi connectivity index (χ1) is 7.76. The van der Waals surface area contributed by atoms with E-state index in [4.69, 9.17) is 4.74 Å². The first kappa shape index (κ1) is 11.9. The summed E-state index contributed by atoms with van der Waals surface area (Å²) in [4.78, 5) is 13.8. The number of nitrogens with zero attached hydrogens (tertiary/aromatic N) is 1. The van der Waals surface area contributed by atoms with Crippen LogP contribution in [0, 0.1) is 0 Å². The van der Waals surface area contributed by atoms with Crippen molar-refractivity contribution < 1.29 is 9.53 Å². The normalized spacial score (nSPS) is 30.7. The van der Waals surface area contributed by atoms with Crippen molar-refractivity contribution in [2.75, 3.05) is 33.3 Å². The third-order valence-corrected chi connectivity index (χ3v) is 3.66. The van der Waals surface area contributed by atoms with Gasteiger partial charge in [0.1, 0.15) is 0 Å². The van der Waals surface area contributed by atoms with Crippen molar-refractivity contribution in [3.05, 3.63) is 0 Å². The zero-order chi connectivity index (χ0) is 11.4. The zero-order valence-corrected chi connectivity index (χ0v) is 10.1. The lowest BCUT2D eigenvalue weighted by Gasteiger charge is -2.44. The van der Waals surface area contributed by atoms with Gasteiger partial charge in [0, 0.05) is 19.7 Å². The van der Waals surface area contributed by atoms with Crippen LogP contribution in [0.1, 0.15) is 32.1 Å². The van der Waals surface area contributed by atoms with Crippen LogP contribution in [0.3, 0.4) is 0 Å². The second kappa shape index (κ2) is 5.15. The molecule has 0 bridgehead atoms. The average molecular weight is 226 g/mol. The van der Waals surface area contributed by atoms with E-state index < -0.39 is 0 Å². The van der Waals surface area contributed by atoms with Gasteiger partial charge in [-0.1, -0.05) is 0 Å². The second-order valence-corrected chi connectivity index (χ2v) is 4.94. The quantitative estimate of drug-likeness (QED) is 0.756. The monoisotopic (exact) mass is 226 g/mol. The van der Waals surface area contributed by atoms with Crippen molar-refractivity contribution in [3.8, 4) is 0 Å². The van der Waals surface area contributed by atoms with Crippen LogP contribution in [0.2, 0.25) is 0 Å². The van der Waals surface area contributed by atoms with Gasteiger partial charge >= 0.3 is 0 Å². The van der Waals surface area contributed by atoms with Crippen molar-refractivity contribution in [2.24, 2.45) is 0 Å². The van der Waals surface area contributed by atoms with Crippen LogP contribution in [0.5, 0.6) is 0 Å². The van der Waals surface area contributed by atoms with E-state index in [2.05, 4.69) is 5.32 Å². The van der Waals surface area contributed by atoms with Crippen LogP contribution >= 0.6 is 0 Å². The number of carbonyl (C=O) groups is 1. The van der Waals surface area contributed by atoms with Gasteiger partial charge in [0.05, 0.1) is 12.1 Å². The molecule has 0 aromatic carbocycles. The molecule has 1 atom stereocenters. The highest BCUT2D eigenvalue weighted by Gasteiger charge is 2.38. The van der Waals surface area contributed by atoms with E-state index in [0.717, 1.165) is 39.0 Å². The molecule has 16 heavy (non-hydrogen) atoms. The number of hydrogen-bond acceptors (Lipinski definition) is 3. The van der Waals surface area contributed by atoms with Crippen molar-refractivity contribution in [3.63, 3.8) is 0 Å². The smallest absolute Gasteiger partial charge is 0.236 e. The Hall–Kier alpha value is -0.610. The maximum absolute atomic E-state index is 11.8. The molecule has 2 aliphatic rings. The number of amides is 1. The topological polar surface area (TPSA) is 41.6 Å². The van der Waals surface area contributed by atoms with Gasteiger partial charge in [-0.05, 0) is 39.2 Å². The Morgan fingerprint density at radius 3 is 2.88 bits per heavy atom. The maximum Gasteiger partial charge on any atom is 0.236 e. The minimum Gasteiger partial charge on any atom is -0.373 e. The largest absolute Gasteiger partial charge is 0.373 e. The molecule has 1 unspecified atom stereocenters. The van der Waals surface area contributed by atoms with Gasteiger partial charge in [-0.3, -0.25) is 4.79 Å². The lowest BCUT2D eigenvalue weighted by Crippen LogP contribution is -2.54. The van der Waals surface area contributed by atoms with Crippen molar-refractivity contribution >= 4 is 5.91 Å². The van der Waals surface area contributed by atoms with Gasteiger partial charge < -0.3 is 15.0 Å². The predicted molar refractivity (Wildman–Crippen MR) is 62.3 cm³/mol. The number of likely N-dealkylation sites (tertiary alicyclic amines) is 1. The molecule has 1 spiro atoms. The lowest BCUT2D eigenvalue weighted by atomic mass is 9.86. The number of rotatable bonds is 2. The van der Waals surface area contributed by atoms with Gasteiger partial charge in [-0.25, -0.2) is 0 Å². The molecule has 0 saturated carbocycles. The summed E-state index contributed by atoms with van der Waals surface area (Å²) < 4.78 is 5.95. The maximum atomic E-state index is 11.8. The summed E-state index contributed by atoms with van der Waals surface area (Å²) in [6, 6.07) is 0. The Labute approximate surface area is 97.3 Å². The Morgan fingerprint density at radius 1 is 1.38 bits per heavy atom. The molecule has 1 N–H and O–H groups in total. The third kappa shape index (κ3) is 2.55. The van der Waals surface area contributed by atoms with Gasteiger partial charge in [0.15, 0.2) is 0 Å². The molecule has 92 valence electrons. The number of carbonyl (C=O) groups excluding carboxylic acids is 1. The van der Waals surface area contributed by atoms with E-state index in [0.29, 0.717) is 6.54 Å². The van der Waals surface area contributed by atoms with Crippen LogP contribution in [0.25, 0.3) is 0 Å². The standard InChI is InChI=1S/C12H22N2O2/c1-13-9-11(15)14-7-4-6-12(10-14)5-2-3-8-16-12/h13H,2-10H2,1H3. The Kier molecular flexibility index (Phi) is 3.82. The van der Waals surface area contributed by atoms with Crippen LogP contribution in [-0.2, 0) is 9.53 Å². The molecule has 2 heterocycles. The molecule has 0 aromatic heterocycles. The predicted octanol–water partition coefficient (Wildman–Crippen LogP) is 0.767. The summed E-state index contributed by atoms with van der Waals surface area (Å²) in [7, 11) is 1.81. The number of nitrogens with one attached hydrogen (secondary N) is 1.